The van der Waals surface area contributed by atoms with E-state index in [1.165, 1.54) is 7.11 Å². The maximum atomic E-state index is 13.0. The zero-order valence-corrected chi connectivity index (χ0v) is 19.1. The number of methoxy groups -OCH3 is 1. The average molecular weight is 462 g/mol. The third-order valence-electron chi connectivity index (χ3n) is 4.92. The van der Waals surface area contributed by atoms with Gasteiger partial charge in [-0.3, -0.25) is 9.59 Å². The van der Waals surface area contributed by atoms with Gasteiger partial charge in [-0.1, -0.05) is 48.5 Å². The number of imide groups is 1. The Labute approximate surface area is 196 Å². The second kappa shape index (κ2) is 10.3. The molecule has 1 aliphatic heterocycles. The molecule has 0 atom stereocenters. The van der Waals surface area contributed by atoms with Crippen LogP contribution in [0.4, 0.5) is 10.5 Å². The molecule has 2 amide bonds. The van der Waals surface area contributed by atoms with Crippen molar-refractivity contribution in [3.8, 4) is 17.2 Å². The summed E-state index contributed by atoms with van der Waals surface area (Å²) in [5, 5.41) is -0.372. The first-order valence-corrected chi connectivity index (χ1v) is 11.3. The molecule has 0 aromatic heterocycles. The van der Waals surface area contributed by atoms with E-state index in [1.54, 1.807) is 36.4 Å². The van der Waals surface area contributed by atoms with Crippen LogP contribution in [0.3, 0.4) is 0 Å². The molecule has 1 aliphatic rings. The fourth-order valence-electron chi connectivity index (χ4n) is 3.38. The smallest absolute Gasteiger partial charge is 0.298 e. The number of para-hydroxylation sites is 2. The Balaban J connectivity index is 1.57. The van der Waals surface area contributed by atoms with Gasteiger partial charge >= 0.3 is 0 Å². The van der Waals surface area contributed by atoms with Gasteiger partial charge < -0.3 is 14.2 Å². The summed E-state index contributed by atoms with van der Waals surface area (Å²) in [7, 11) is 1.50. The van der Waals surface area contributed by atoms with Crippen LogP contribution in [0.15, 0.2) is 77.7 Å². The first-order valence-electron chi connectivity index (χ1n) is 10.4. The first-order chi connectivity index (χ1) is 16.1. The molecule has 3 aromatic rings. The molecule has 7 heteroatoms. The maximum Gasteiger partial charge on any atom is 0.298 e. The maximum absolute atomic E-state index is 13.0. The van der Waals surface area contributed by atoms with Gasteiger partial charge in [0.25, 0.3) is 11.1 Å². The van der Waals surface area contributed by atoms with E-state index in [4.69, 9.17) is 14.2 Å². The first kappa shape index (κ1) is 22.5. The monoisotopic (exact) mass is 461 g/mol. The molecular weight excluding hydrogens is 438 g/mol. The van der Waals surface area contributed by atoms with E-state index in [-0.39, 0.29) is 5.24 Å². The fraction of sp³-hybridized carbons (Fsp3) is 0.154. The van der Waals surface area contributed by atoms with Gasteiger partial charge in [-0.05, 0) is 60.2 Å². The van der Waals surface area contributed by atoms with Crippen molar-refractivity contribution in [1.29, 1.82) is 0 Å². The summed E-state index contributed by atoms with van der Waals surface area (Å²) in [6, 6.07) is 22.3. The molecule has 1 heterocycles. The minimum Gasteiger partial charge on any atom is -0.495 e. The number of anilines is 1. The SMILES string of the molecule is CCOc1cc(/C=C2\SC(=O)N(c3ccccc3OC)C2=O)ccc1OCc1ccccc1. The molecular formula is C26H23NO5S. The number of amides is 2. The lowest BCUT2D eigenvalue weighted by Gasteiger charge is -2.15. The van der Waals surface area contributed by atoms with E-state index >= 15 is 0 Å². The molecule has 0 spiro atoms. The second-order valence-corrected chi connectivity index (χ2v) is 8.10. The largest absolute Gasteiger partial charge is 0.495 e. The quantitative estimate of drug-likeness (QED) is 0.388. The lowest BCUT2D eigenvalue weighted by atomic mass is 10.1. The minimum absolute atomic E-state index is 0.325. The number of thioether (sulfide) groups is 1. The Kier molecular flexibility index (Phi) is 7.00. The third-order valence-corrected chi connectivity index (χ3v) is 5.79. The Morgan fingerprint density at radius 3 is 2.39 bits per heavy atom. The van der Waals surface area contributed by atoms with Crippen molar-refractivity contribution < 1.29 is 23.8 Å². The summed E-state index contributed by atoms with van der Waals surface area (Å²) in [5.74, 6) is 1.25. The van der Waals surface area contributed by atoms with Gasteiger partial charge in [0.15, 0.2) is 11.5 Å². The van der Waals surface area contributed by atoms with Crippen molar-refractivity contribution in [1.82, 2.24) is 0 Å². The van der Waals surface area contributed by atoms with Crippen LogP contribution in [-0.4, -0.2) is 24.9 Å². The van der Waals surface area contributed by atoms with E-state index in [2.05, 4.69) is 0 Å². The predicted molar refractivity (Wildman–Crippen MR) is 130 cm³/mol. The molecule has 0 unspecified atom stereocenters. The standard InChI is InChI=1S/C26H23NO5S/c1-3-31-23-15-19(13-14-22(23)32-17-18-9-5-4-6-10-18)16-24-25(28)27(26(29)33-24)20-11-7-8-12-21(20)30-2/h4-16H,3,17H2,1-2H3/b24-16-. The second-order valence-electron chi connectivity index (χ2n) is 7.10. The number of carbonyl (C=O) groups is 2. The fourth-order valence-corrected chi connectivity index (χ4v) is 4.21. The van der Waals surface area contributed by atoms with Gasteiger partial charge in [0.05, 0.1) is 24.3 Å². The summed E-state index contributed by atoms with van der Waals surface area (Å²) in [4.78, 5) is 27.1. The van der Waals surface area contributed by atoms with E-state index in [0.717, 1.165) is 27.8 Å². The lowest BCUT2D eigenvalue weighted by molar-refractivity contribution is -0.113. The summed E-state index contributed by atoms with van der Waals surface area (Å²) >= 11 is 0.893. The summed E-state index contributed by atoms with van der Waals surface area (Å²) in [6.45, 7) is 2.78. The molecule has 1 fully saturated rings. The minimum atomic E-state index is -0.392. The zero-order valence-electron chi connectivity index (χ0n) is 18.3. The summed E-state index contributed by atoms with van der Waals surface area (Å²) in [6.07, 6.45) is 1.68. The highest BCUT2D eigenvalue weighted by Gasteiger charge is 2.37. The van der Waals surface area contributed by atoms with Crippen molar-refractivity contribution in [2.45, 2.75) is 13.5 Å². The molecule has 3 aromatic carbocycles. The van der Waals surface area contributed by atoms with Gasteiger partial charge in [0.2, 0.25) is 0 Å². The van der Waals surface area contributed by atoms with Crippen molar-refractivity contribution >= 4 is 34.7 Å². The van der Waals surface area contributed by atoms with Gasteiger partial charge in [0.1, 0.15) is 12.4 Å². The molecule has 33 heavy (non-hydrogen) atoms. The number of benzene rings is 3. The van der Waals surface area contributed by atoms with E-state index in [0.29, 0.717) is 41.1 Å². The normalized spacial score (nSPS) is 14.6. The van der Waals surface area contributed by atoms with Gasteiger partial charge in [-0.15, -0.1) is 0 Å². The highest BCUT2D eigenvalue weighted by atomic mass is 32.2. The number of hydrogen-bond donors (Lipinski definition) is 0. The van der Waals surface area contributed by atoms with Gasteiger partial charge in [-0.2, -0.15) is 0 Å². The van der Waals surface area contributed by atoms with Crippen LogP contribution in [0.1, 0.15) is 18.1 Å². The van der Waals surface area contributed by atoms with Crippen LogP contribution in [0.2, 0.25) is 0 Å². The third kappa shape index (κ3) is 5.04. The van der Waals surface area contributed by atoms with Crippen LogP contribution in [0.25, 0.3) is 6.08 Å². The Bertz CT molecular complexity index is 1190. The van der Waals surface area contributed by atoms with Gasteiger partial charge in [-0.25, -0.2) is 4.90 Å². The summed E-state index contributed by atoms with van der Waals surface area (Å²) in [5.41, 5.74) is 2.20. The van der Waals surface area contributed by atoms with Crippen LogP contribution in [0, 0.1) is 0 Å². The molecule has 0 saturated carbocycles. The van der Waals surface area contributed by atoms with Crippen molar-refractivity contribution in [3.63, 3.8) is 0 Å². The Hall–Kier alpha value is -3.71. The van der Waals surface area contributed by atoms with Crippen LogP contribution < -0.4 is 19.1 Å². The highest BCUT2D eigenvalue weighted by Crippen LogP contribution is 2.40. The van der Waals surface area contributed by atoms with Crippen molar-refractivity contribution in [2.24, 2.45) is 0 Å². The molecule has 1 saturated heterocycles. The molecule has 0 radical (unpaired) electrons. The molecule has 4 rings (SSSR count). The molecule has 168 valence electrons. The van der Waals surface area contributed by atoms with Crippen LogP contribution in [0.5, 0.6) is 17.2 Å². The molecule has 0 N–H and O–H groups in total. The van der Waals surface area contributed by atoms with Crippen molar-refractivity contribution in [3.05, 3.63) is 88.8 Å². The Morgan fingerprint density at radius 1 is 0.879 bits per heavy atom. The number of rotatable bonds is 8. The predicted octanol–water partition coefficient (Wildman–Crippen LogP) is 5.91. The van der Waals surface area contributed by atoms with Crippen LogP contribution in [-0.2, 0) is 11.4 Å². The number of hydrogen-bond acceptors (Lipinski definition) is 6. The zero-order chi connectivity index (χ0) is 23.2. The number of carbonyl (C=O) groups excluding carboxylic acids is 2. The average Bonchev–Trinajstić information content (AvgIpc) is 3.11. The molecule has 0 bridgehead atoms. The summed E-state index contributed by atoms with van der Waals surface area (Å²) < 4.78 is 17.0. The van der Waals surface area contributed by atoms with Crippen molar-refractivity contribution in [2.75, 3.05) is 18.6 Å². The number of nitrogens with zero attached hydrogens (tertiary/aromatic N) is 1. The highest BCUT2D eigenvalue weighted by molar-refractivity contribution is 8.19. The molecule has 0 aliphatic carbocycles. The van der Waals surface area contributed by atoms with Gasteiger partial charge in [0, 0.05) is 0 Å². The van der Waals surface area contributed by atoms with E-state index in [1.807, 2.05) is 49.4 Å². The van der Waals surface area contributed by atoms with Crippen LogP contribution >= 0.6 is 11.8 Å². The molecule has 6 nitrogen and oxygen atoms in total. The topological polar surface area (TPSA) is 65.1 Å². The Morgan fingerprint density at radius 2 is 1.64 bits per heavy atom. The van der Waals surface area contributed by atoms with E-state index in [9.17, 15) is 9.59 Å². The lowest BCUT2D eigenvalue weighted by Crippen LogP contribution is -2.28. The number of ether oxygens (including phenoxy) is 3. The van der Waals surface area contributed by atoms with E-state index < -0.39 is 5.91 Å².